The molecule has 0 bridgehead atoms. The highest BCUT2D eigenvalue weighted by atomic mass is 16.1. The Morgan fingerprint density at radius 1 is 1.20 bits per heavy atom. The Labute approximate surface area is 117 Å². The molecular formula is C15H16N4O. The maximum atomic E-state index is 12.2. The molecule has 0 fully saturated rings. The van der Waals surface area contributed by atoms with E-state index in [2.05, 4.69) is 27.9 Å². The molecule has 0 unspecified atom stereocenters. The average Bonchev–Trinajstić information content (AvgIpc) is 2.89. The number of carbonyl (C=O) groups is 1. The van der Waals surface area contributed by atoms with Gasteiger partial charge in [0.1, 0.15) is 5.69 Å². The second-order valence-corrected chi connectivity index (χ2v) is 4.92. The molecule has 1 heterocycles. The molecule has 0 radical (unpaired) electrons. The summed E-state index contributed by atoms with van der Waals surface area (Å²) < 4.78 is 0. The van der Waals surface area contributed by atoms with Crippen LogP contribution < -0.4 is 16.6 Å². The minimum absolute atomic E-state index is 0.135. The van der Waals surface area contributed by atoms with E-state index in [0.717, 1.165) is 12.8 Å². The van der Waals surface area contributed by atoms with Crippen molar-refractivity contribution in [3.63, 3.8) is 0 Å². The highest BCUT2D eigenvalue weighted by Gasteiger charge is 2.23. The number of hydrogen-bond acceptors (Lipinski definition) is 4. The number of aromatic nitrogens is 1. The van der Waals surface area contributed by atoms with Crippen molar-refractivity contribution >= 4 is 11.6 Å². The lowest BCUT2D eigenvalue weighted by Crippen LogP contribution is -2.35. The van der Waals surface area contributed by atoms with Crippen molar-refractivity contribution in [3.8, 4) is 0 Å². The van der Waals surface area contributed by atoms with Crippen LogP contribution in [0.15, 0.2) is 42.6 Å². The number of pyridine rings is 1. The predicted octanol–water partition coefficient (Wildman–Crippen LogP) is 1.26. The molecule has 1 aromatic carbocycles. The molecule has 1 amide bonds. The lowest BCUT2D eigenvalue weighted by molar-refractivity contribution is 0.0933. The molecule has 0 spiro atoms. The van der Waals surface area contributed by atoms with E-state index in [9.17, 15) is 4.79 Å². The number of nitrogens with one attached hydrogen (secondary N) is 2. The number of nitrogens with two attached hydrogens (primary N) is 1. The zero-order chi connectivity index (χ0) is 13.9. The highest BCUT2D eigenvalue weighted by molar-refractivity contribution is 5.93. The monoisotopic (exact) mass is 268 g/mol. The van der Waals surface area contributed by atoms with Gasteiger partial charge in [-0.05, 0) is 36.1 Å². The van der Waals surface area contributed by atoms with E-state index in [4.69, 9.17) is 5.84 Å². The molecule has 1 aromatic heterocycles. The topological polar surface area (TPSA) is 80.0 Å². The zero-order valence-electron chi connectivity index (χ0n) is 11.0. The number of rotatable bonds is 3. The van der Waals surface area contributed by atoms with Crippen molar-refractivity contribution in [3.05, 3.63) is 59.4 Å². The van der Waals surface area contributed by atoms with E-state index < -0.39 is 0 Å². The third-order valence-electron chi connectivity index (χ3n) is 3.55. The summed E-state index contributed by atoms with van der Waals surface area (Å²) >= 11 is 0. The number of hydrazine groups is 1. The fourth-order valence-corrected chi connectivity index (χ4v) is 2.56. The number of fused-ring (bicyclic) bond motifs is 1. The maximum Gasteiger partial charge on any atom is 0.270 e. The molecule has 4 N–H and O–H groups in total. The third kappa shape index (κ3) is 2.48. The normalized spacial score (nSPS) is 13.8. The Hall–Kier alpha value is -2.40. The quantitative estimate of drug-likeness (QED) is 0.578. The Morgan fingerprint density at radius 3 is 2.55 bits per heavy atom. The molecular weight excluding hydrogens is 252 g/mol. The van der Waals surface area contributed by atoms with Crippen LogP contribution in [0, 0.1) is 0 Å². The lowest BCUT2D eigenvalue weighted by Gasteiger charge is -2.12. The van der Waals surface area contributed by atoms with Crippen molar-refractivity contribution in [2.24, 2.45) is 5.84 Å². The molecule has 20 heavy (non-hydrogen) atoms. The fraction of sp³-hybridized carbons (Fsp3) is 0.200. The van der Waals surface area contributed by atoms with E-state index >= 15 is 0 Å². The number of nitrogen functional groups attached to an aromatic ring is 1. The Morgan fingerprint density at radius 2 is 1.90 bits per heavy atom. The Bertz CT molecular complexity index is 616. The molecule has 0 atom stereocenters. The van der Waals surface area contributed by atoms with Crippen molar-refractivity contribution in [2.45, 2.75) is 18.9 Å². The second kappa shape index (κ2) is 5.30. The van der Waals surface area contributed by atoms with Gasteiger partial charge in [0, 0.05) is 12.2 Å². The summed E-state index contributed by atoms with van der Waals surface area (Å²) in [7, 11) is 0. The van der Waals surface area contributed by atoms with Gasteiger partial charge in [-0.2, -0.15) is 0 Å². The molecule has 1 aliphatic carbocycles. The molecule has 5 nitrogen and oxygen atoms in total. The van der Waals surface area contributed by atoms with Gasteiger partial charge in [-0.3, -0.25) is 15.6 Å². The number of hydrogen-bond donors (Lipinski definition) is 3. The van der Waals surface area contributed by atoms with E-state index in [1.807, 2.05) is 12.1 Å². The van der Waals surface area contributed by atoms with Gasteiger partial charge in [-0.1, -0.05) is 24.3 Å². The molecule has 2 aromatic rings. The van der Waals surface area contributed by atoms with E-state index in [1.54, 1.807) is 18.3 Å². The maximum absolute atomic E-state index is 12.2. The van der Waals surface area contributed by atoms with Crippen LogP contribution in [0.4, 0.5) is 5.69 Å². The number of benzene rings is 1. The predicted molar refractivity (Wildman–Crippen MR) is 77.2 cm³/mol. The minimum atomic E-state index is -0.167. The summed E-state index contributed by atoms with van der Waals surface area (Å²) in [5, 5.41) is 3.02. The van der Waals surface area contributed by atoms with Gasteiger partial charge in [-0.25, -0.2) is 0 Å². The fourth-order valence-electron chi connectivity index (χ4n) is 2.56. The number of carbonyl (C=O) groups excluding carboxylic acids is 1. The molecule has 0 aliphatic heterocycles. The summed E-state index contributed by atoms with van der Waals surface area (Å²) in [6, 6.07) is 11.8. The van der Waals surface area contributed by atoms with Crippen molar-refractivity contribution in [2.75, 3.05) is 5.43 Å². The van der Waals surface area contributed by atoms with Crippen molar-refractivity contribution in [1.29, 1.82) is 0 Å². The SMILES string of the molecule is NNc1ccnc(C(=O)NC2Cc3ccccc3C2)c1. The number of nitrogens with zero attached hydrogens (tertiary/aromatic N) is 1. The van der Waals surface area contributed by atoms with Gasteiger partial charge in [0.2, 0.25) is 0 Å². The van der Waals surface area contributed by atoms with E-state index in [0.29, 0.717) is 11.4 Å². The molecule has 102 valence electrons. The van der Waals surface area contributed by atoms with Crippen LogP contribution in [-0.2, 0) is 12.8 Å². The summed E-state index contributed by atoms with van der Waals surface area (Å²) in [6.45, 7) is 0. The van der Waals surface area contributed by atoms with E-state index in [1.165, 1.54) is 11.1 Å². The van der Waals surface area contributed by atoms with Crippen molar-refractivity contribution in [1.82, 2.24) is 10.3 Å². The molecule has 5 heteroatoms. The second-order valence-electron chi connectivity index (χ2n) is 4.92. The van der Waals surface area contributed by atoms with Gasteiger partial charge in [0.05, 0.1) is 5.69 Å². The van der Waals surface area contributed by atoms with Crippen LogP contribution in [0.1, 0.15) is 21.6 Å². The first-order chi connectivity index (χ1) is 9.76. The number of amides is 1. The highest BCUT2D eigenvalue weighted by Crippen LogP contribution is 2.21. The minimum Gasteiger partial charge on any atom is -0.347 e. The third-order valence-corrected chi connectivity index (χ3v) is 3.55. The van der Waals surface area contributed by atoms with Gasteiger partial charge in [-0.15, -0.1) is 0 Å². The zero-order valence-corrected chi connectivity index (χ0v) is 11.0. The Kier molecular flexibility index (Phi) is 3.35. The van der Waals surface area contributed by atoms with Crippen LogP contribution in [0.2, 0.25) is 0 Å². The summed E-state index contributed by atoms with van der Waals surface area (Å²) in [4.78, 5) is 16.2. The van der Waals surface area contributed by atoms with Crippen LogP contribution >= 0.6 is 0 Å². The van der Waals surface area contributed by atoms with Crippen LogP contribution in [0.5, 0.6) is 0 Å². The summed E-state index contributed by atoms with van der Waals surface area (Å²) in [5.74, 6) is 5.16. The van der Waals surface area contributed by atoms with Crippen LogP contribution in [-0.4, -0.2) is 16.9 Å². The first-order valence-corrected chi connectivity index (χ1v) is 6.56. The largest absolute Gasteiger partial charge is 0.347 e. The lowest BCUT2D eigenvalue weighted by atomic mass is 10.1. The Balaban J connectivity index is 1.69. The molecule has 1 aliphatic rings. The first-order valence-electron chi connectivity index (χ1n) is 6.56. The number of anilines is 1. The summed E-state index contributed by atoms with van der Waals surface area (Å²) in [6.07, 6.45) is 3.31. The van der Waals surface area contributed by atoms with Crippen LogP contribution in [0.3, 0.4) is 0 Å². The van der Waals surface area contributed by atoms with Gasteiger partial charge in [0.15, 0.2) is 0 Å². The van der Waals surface area contributed by atoms with Gasteiger partial charge < -0.3 is 10.7 Å². The standard InChI is InChI=1S/C15H16N4O/c16-19-12-5-6-17-14(9-12)15(20)18-13-7-10-3-1-2-4-11(10)8-13/h1-6,9,13H,7-8,16H2,(H,17,19)(H,18,20). The van der Waals surface area contributed by atoms with Crippen molar-refractivity contribution < 1.29 is 4.79 Å². The summed E-state index contributed by atoms with van der Waals surface area (Å²) in [5.41, 5.74) is 6.17. The average molecular weight is 268 g/mol. The van der Waals surface area contributed by atoms with Gasteiger partial charge >= 0.3 is 0 Å². The first kappa shape index (κ1) is 12.6. The molecule has 3 rings (SSSR count). The van der Waals surface area contributed by atoms with Gasteiger partial charge in [0.25, 0.3) is 5.91 Å². The molecule has 0 saturated heterocycles. The van der Waals surface area contributed by atoms with E-state index in [-0.39, 0.29) is 11.9 Å². The van der Waals surface area contributed by atoms with Crippen LogP contribution in [0.25, 0.3) is 0 Å². The smallest absolute Gasteiger partial charge is 0.270 e. The molecule has 0 saturated carbocycles.